The molecule has 0 unspecified atom stereocenters. The predicted molar refractivity (Wildman–Crippen MR) is 95.1 cm³/mol. The molecule has 1 aromatic carbocycles. The monoisotopic (exact) mass is 325 g/mol. The number of hydrogen-bond acceptors (Lipinski definition) is 5. The first-order valence-corrected chi connectivity index (χ1v) is 8.06. The number of fused-ring (bicyclic) bond motifs is 3. The fourth-order valence-electron chi connectivity index (χ4n) is 2.61. The summed E-state index contributed by atoms with van der Waals surface area (Å²) in [5.74, 6) is 0.771. The van der Waals surface area contributed by atoms with Gasteiger partial charge in [0.25, 0.3) is 0 Å². The molecule has 2 aromatic rings. The third-order valence-corrected chi connectivity index (χ3v) is 4.17. The van der Waals surface area contributed by atoms with E-state index in [-0.39, 0.29) is 5.78 Å². The van der Waals surface area contributed by atoms with Gasteiger partial charge in [-0.25, -0.2) is 9.97 Å². The maximum absolute atomic E-state index is 12.5. The number of carbonyl (C=O) groups is 2. The van der Waals surface area contributed by atoms with Crippen molar-refractivity contribution in [3.8, 4) is 11.3 Å². The summed E-state index contributed by atoms with van der Waals surface area (Å²) in [6, 6.07) is 7.96. The van der Waals surface area contributed by atoms with Gasteiger partial charge in [-0.1, -0.05) is 31.2 Å². The molecule has 5 heteroatoms. The minimum Gasteiger partial charge on any atom is -0.357 e. The maximum atomic E-state index is 12.5. The number of ketones is 1. The second-order valence-corrected chi connectivity index (χ2v) is 6.16. The minimum atomic E-state index is -0.569. The van der Waals surface area contributed by atoms with Crippen molar-refractivity contribution >= 4 is 18.0 Å². The third-order valence-electron chi connectivity index (χ3n) is 4.17. The van der Waals surface area contributed by atoms with E-state index in [0.29, 0.717) is 18.8 Å². The number of aromatic nitrogens is 2. The van der Waals surface area contributed by atoms with Crippen LogP contribution >= 0.6 is 0 Å². The maximum Gasteiger partial charge on any atom is 0.222 e. The highest BCUT2D eigenvalue weighted by Gasteiger charge is 2.36. The molecule has 0 fully saturated rings. The molecule has 0 saturated heterocycles. The molecule has 0 aliphatic heterocycles. The number of hydrogen-bond donors (Lipinski definition) is 1. The van der Waals surface area contributed by atoms with Crippen molar-refractivity contribution in [2.24, 2.45) is 0 Å². The number of nitrogens with one attached hydrogen (secondary N) is 1. The van der Waals surface area contributed by atoms with Crippen molar-refractivity contribution in [2.45, 2.75) is 39.0 Å². The molecule has 0 saturated carbocycles. The SMILES string of the molecule is CCC=O.CNc1ncc2c(n1)-c1ccccc1CC(=O)C2(C)C. The molecular weight excluding hydrogens is 302 g/mol. The fourth-order valence-corrected chi connectivity index (χ4v) is 2.61. The normalized spacial score (nSPS) is 14.4. The second-order valence-electron chi connectivity index (χ2n) is 6.16. The van der Waals surface area contributed by atoms with Crippen LogP contribution in [0.1, 0.15) is 38.3 Å². The van der Waals surface area contributed by atoms with E-state index in [4.69, 9.17) is 0 Å². The molecule has 126 valence electrons. The standard InChI is InChI=1S/C16H17N3O.C3H6O/c1-16(2)12-9-18-15(17-3)19-14(12)11-7-5-4-6-10(11)8-13(16)20;1-2-3-4/h4-7,9H,8H2,1-3H3,(H,17,18,19);3H,2H2,1H3. The van der Waals surface area contributed by atoms with Gasteiger partial charge < -0.3 is 10.1 Å². The van der Waals surface area contributed by atoms with Gasteiger partial charge in [-0.05, 0) is 19.4 Å². The largest absolute Gasteiger partial charge is 0.357 e. The summed E-state index contributed by atoms with van der Waals surface area (Å²) >= 11 is 0. The summed E-state index contributed by atoms with van der Waals surface area (Å²) in [5, 5.41) is 2.96. The smallest absolute Gasteiger partial charge is 0.222 e. The summed E-state index contributed by atoms with van der Waals surface area (Å²) < 4.78 is 0. The van der Waals surface area contributed by atoms with Crippen molar-refractivity contribution in [3.05, 3.63) is 41.6 Å². The average Bonchev–Trinajstić information content (AvgIpc) is 2.69. The van der Waals surface area contributed by atoms with Crippen LogP contribution in [-0.2, 0) is 21.4 Å². The first-order chi connectivity index (χ1) is 11.5. The zero-order chi connectivity index (χ0) is 17.7. The van der Waals surface area contributed by atoms with Gasteiger partial charge in [-0.2, -0.15) is 0 Å². The average molecular weight is 325 g/mol. The minimum absolute atomic E-state index is 0.199. The molecule has 1 heterocycles. The van der Waals surface area contributed by atoms with Gasteiger partial charge in [0.1, 0.15) is 12.1 Å². The zero-order valence-corrected chi connectivity index (χ0v) is 14.6. The van der Waals surface area contributed by atoms with Crippen LogP contribution in [0.15, 0.2) is 30.5 Å². The van der Waals surface area contributed by atoms with E-state index < -0.39 is 5.41 Å². The molecule has 1 aliphatic rings. The van der Waals surface area contributed by atoms with E-state index in [1.807, 2.05) is 45.0 Å². The van der Waals surface area contributed by atoms with E-state index in [2.05, 4.69) is 15.3 Å². The highest BCUT2D eigenvalue weighted by atomic mass is 16.1. The Morgan fingerprint density at radius 1 is 1.29 bits per heavy atom. The quantitative estimate of drug-likeness (QED) is 0.859. The summed E-state index contributed by atoms with van der Waals surface area (Å²) in [6.07, 6.45) is 3.72. The Kier molecular flexibility index (Phi) is 5.44. The van der Waals surface area contributed by atoms with E-state index in [0.717, 1.165) is 28.7 Å². The topological polar surface area (TPSA) is 72.0 Å². The lowest BCUT2D eigenvalue weighted by molar-refractivity contribution is -0.122. The first-order valence-electron chi connectivity index (χ1n) is 8.06. The van der Waals surface area contributed by atoms with Gasteiger partial charge in [0.2, 0.25) is 5.95 Å². The molecule has 0 radical (unpaired) electrons. The molecule has 1 aromatic heterocycles. The van der Waals surface area contributed by atoms with Crippen LogP contribution in [0, 0.1) is 0 Å². The van der Waals surface area contributed by atoms with Crippen molar-refractivity contribution in [1.82, 2.24) is 9.97 Å². The Bertz CT molecular complexity index is 754. The van der Waals surface area contributed by atoms with Gasteiger partial charge in [0, 0.05) is 37.2 Å². The van der Waals surface area contributed by atoms with Crippen LogP contribution < -0.4 is 5.32 Å². The molecule has 0 spiro atoms. The number of Topliss-reactive ketones (excluding diaryl/α,β-unsaturated/α-hetero) is 1. The molecule has 3 rings (SSSR count). The van der Waals surface area contributed by atoms with E-state index >= 15 is 0 Å². The van der Waals surface area contributed by atoms with Gasteiger partial charge in [-0.15, -0.1) is 0 Å². The van der Waals surface area contributed by atoms with Crippen LogP contribution in [-0.4, -0.2) is 29.1 Å². The lowest BCUT2D eigenvalue weighted by Gasteiger charge is -2.23. The van der Waals surface area contributed by atoms with Crippen LogP contribution in [0.2, 0.25) is 0 Å². The Morgan fingerprint density at radius 2 is 1.96 bits per heavy atom. The van der Waals surface area contributed by atoms with Crippen molar-refractivity contribution < 1.29 is 9.59 Å². The number of aldehydes is 1. The third kappa shape index (κ3) is 3.35. The second kappa shape index (κ2) is 7.34. The molecular formula is C19H23N3O2. The van der Waals surface area contributed by atoms with Gasteiger partial charge >= 0.3 is 0 Å². The Labute approximate surface area is 142 Å². The summed E-state index contributed by atoms with van der Waals surface area (Å²) in [6.45, 7) is 5.71. The molecule has 0 bridgehead atoms. The van der Waals surface area contributed by atoms with E-state index in [1.54, 1.807) is 13.2 Å². The van der Waals surface area contributed by atoms with Crippen molar-refractivity contribution in [2.75, 3.05) is 12.4 Å². The van der Waals surface area contributed by atoms with Crippen LogP contribution in [0.4, 0.5) is 5.95 Å². The highest BCUT2D eigenvalue weighted by molar-refractivity contribution is 5.96. The highest BCUT2D eigenvalue weighted by Crippen LogP contribution is 2.38. The Balaban J connectivity index is 0.000000471. The first kappa shape index (κ1) is 17.8. The summed E-state index contributed by atoms with van der Waals surface area (Å²) in [4.78, 5) is 30.6. The van der Waals surface area contributed by atoms with Crippen LogP contribution in [0.5, 0.6) is 0 Å². The van der Waals surface area contributed by atoms with E-state index in [9.17, 15) is 9.59 Å². The molecule has 1 aliphatic carbocycles. The fraction of sp³-hybridized carbons (Fsp3) is 0.368. The lowest BCUT2D eigenvalue weighted by Crippen LogP contribution is -2.30. The number of anilines is 1. The number of nitrogens with zero attached hydrogens (tertiary/aromatic N) is 2. The zero-order valence-electron chi connectivity index (χ0n) is 14.6. The van der Waals surface area contributed by atoms with Crippen molar-refractivity contribution in [1.29, 1.82) is 0 Å². The van der Waals surface area contributed by atoms with Gasteiger partial charge in [0.15, 0.2) is 0 Å². The lowest BCUT2D eigenvalue weighted by atomic mass is 9.80. The Hall–Kier alpha value is -2.56. The Morgan fingerprint density at radius 3 is 2.58 bits per heavy atom. The summed E-state index contributed by atoms with van der Waals surface area (Å²) in [7, 11) is 1.79. The van der Waals surface area contributed by atoms with E-state index in [1.165, 1.54) is 0 Å². The number of carbonyl (C=O) groups excluding carboxylic acids is 2. The molecule has 0 amide bonds. The molecule has 5 nitrogen and oxygen atoms in total. The molecule has 1 N–H and O–H groups in total. The van der Waals surface area contributed by atoms with Crippen LogP contribution in [0.3, 0.4) is 0 Å². The summed E-state index contributed by atoms with van der Waals surface area (Å²) in [5.41, 5.74) is 3.24. The molecule has 0 atom stereocenters. The predicted octanol–water partition coefficient (Wildman–Crippen LogP) is 3.18. The number of rotatable bonds is 2. The molecule has 24 heavy (non-hydrogen) atoms. The van der Waals surface area contributed by atoms with Gasteiger partial charge in [-0.3, -0.25) is 4.79 Å². The van der Waals surface area contributed by atoms with Crippen LogP contribution in [0.25, 0.3) is 11.3 Å². The number of benzene rings is 1. The van der Waals surface area contributed by atoms with Gasteiger partial charge in [0.05, 0.1) is 11.1 Å². The van der Waals surface area contributed by atoms with Crippen molar-refractivity contribution in [3.63, 3.8) is 0 Å².